The molecule has 0 saturated carbocycles. The summed E-state index contributed by atoms with van der Waals surface area (Å²) in [6.07, 6.45) is 5.11. The molecule has 0 radical (unpaired) electrons. The molecule has 1 saturated heterocycles. The van der Waals surface area contributed by atoms with Crippen molar-refractivity contribution in [1.29, 1.82) is 0 Å². The van der Waals surface area contributed by atoms with Crippen LogP contribution in [0.4, 0.5) is 10.3 Å². The lowest BCUT2D eigenvalue weighted by Gasteiger charge is -2.37. The van der Waals surface area contributed by atoms with Gasteiger partial charge < -0.3 is 10.0 Å². The summed E-state index contributed by atoms with van der Waals surface area (Å²) in [5.41, 5.74) is -0.581. The second-order valence-electron chi connectivity index (χ2n) is 4.61. The number of anilines is 1. The van der Waals surface area contributed by atoms with E-state index in [2.05, 4.69) is 25.4 Å². The van der Waals surface area contributed by atoms with E-state index in [-0.39, 0.29) is 0 Å². The summed E-state index contributed by atoms with van der Waals surface area (Å²) in [4.78, 5) is 9.68. The molecule has 0 spiro atoms. The molecule has 3 heterocycles. The number of piperidine rings is 1. The maximum atomic E-state index is 12.8. The standard InChI is InChI=1S/C11H13FN6O/c12-8-4-13-10(14-5-8)18-3-1-2-11(19,7-18)9-6-15-17-16-9/h4-6,19H,1-3,7H2,(H,15,16,17). The smallest absolute Gasteiger partial charge is 0.225 e. The van der Waals surface area contributed by atoms with Crippen LogP contribution in [0.15, 0.2) is 18.6 Å². The third-order valence-corrected chi connectivity index (χ3v) is 3.25. The lowest BCUT2D eigenvalue weighted by Crippen LogP contribution is -2.47. The molecule has 1 atom stereocenters. The van der Waals surface area contributed by atoms with Gasteiger partial charge in [-0.2, -0.15) is 15.4 Å². The Kier molecular flexibility index (Phi) is 2.86. The zero-order valence-electron chi connectivity index (χ0n) is 10.1. The number of hydrogen-bond acceptors (Lipinski definition) is 6. The SMILES string of the molecule is OC1(c2cn[nH]n2)CCCN(c2ncc(F)cn2)C1. The predicted molar refractivity (Wildman–Crippen MR) is 63.7 cm³/mol. The summed E-state index contributed by atoms with van der Waals surface area (Å²) in [6, 6.07) is 0. The normalized spacial score (nSPS) is 23.6. The van der Waals surface area contributed by atoms with Crippen molar-refractivity contribution in [3.05, 3.63) is 30.1 Å². The highest BCUT2D eigenvalue weighted by Crippen LogP contribution is 2.30. The highest BCUT2D eigenvalue weighted by Gasteiger charge is 2.37. The van der Waals surface area contributed by atoms with Gasteiger partial charge in [0.05, 0.1) is 25.1 Å². The van der Waals surface area contributed by atoms with Gasteiger partial charge in [0.2, 0.25) is 5.95 Å². The summed E-state index contributed by atoms with van der Waals surface area (Å²) >= 11 is 0. The molecule has 0 amide bonds. The van der Waals surface area contributed by atoms with Gasteiger partial charge in [-0.15, -0.1) is 0 Å². The van der Waals surface area contributed by atoms with Crippen molar-refractivity contribution in [3.63, 3.8) is 0 Å². The Morgan fingerprint density at radius 2 is 2.11 bits per heavy atom. The first kappa shape index (κ1) is 12.0. The number of H-pyrrole nitrogens is 1. The quantitative estimate of drug-likeness (QED) is 0.806. The minimum Gasteiger partial charge on any atom is -0.382 e. The van der Waals surface area contributed by atoms with Crippen LogP contribution in [-0.2, 0) is 5.60 Å². The van der Waals surface area contributed by atoms with E-state index >= 15 is 0 Å². The maximum absolute atomic E-state index is 12.8. The minimum absolute atomic E-state index is 0.311. The fraction of sp³-hybridized carbons (Fsp3) is 0.455. The predicted octanol–water partition coefficient (Wildman–Crippen LogP) is 0.222. The van der Waals surface area contributed by atoms with Crippen LogP contribution in [0.2, 0.25) is 0 Å². The summed E-state index contributed by atoms with van der Waals surface area (Å²) in [7, 11) is 0. The monoisotopic (exact) mass is 264 g/mol. The number of halogens is 1. The second-order valence-corrected chi connectivity index (χ2v) is 4.61. The van der Waals surface area contributed by atoms with E-state index in [1.165, 1.54) is 6.20 Å². The van der Waals surface area contributed by atoms with E-state index in [9.17, 15) is 9.50 Å². The van der Waals surface area contributed by atoms with Gasteiger partial charge in [-0.3, -0.25) is 0 Å². The summed E-state index contributed by atoms with van der Waals surface area (Å²) in [5, 5.41) is 20.8. The van der Waals surface area contributed by atoms with Gasteiger partial charge in [-0.1, -0.05) is 0 Å². The van der Waals surface area contributed by atoms with Crippen molar-refractivity contribution in [2.45, 2.75) is 18.4 Å². The molecule has 0 aliphatic carbocycles. The van der Waals surface area contributed by atoms with Gasteiger partial charge >= 0.3 is 0 Å². The average Bonchev–Trinajstić information content (AvgIpc) is 2.94. The molecule has 0 bridgehead atoms. The third-order valence-electron chi connectivity index (χ3n) is 3.25. The molecule has 1 aliphatic heterocycles. The number of aromatic amines is 1. The largest absolute Gasteiger partial charge is 0.382 e. The first-order valence-corrected chi connectivity index (χ1v) is 5.98. The average molecular weight is 264 g/mol. The fourth-order valence-electron chi connectivity index (χ4n) is 2.31. The molecular formula is C11H13FN6O. The summed E-state index contributed by atoms with van der Waals surface area (Å²) < 4.78 is 12.8. The van der Waals surface area contributed by atoms with Crippen LogP contribution in [0.25, 0.3) is 0 Å². The van der Waals surface area contributed by atoms with E-state index in [4.69, 9.17) is 0 Å². The summed E-state index contributed by atoms with van der Waals surface area (Å²) in [5.74, 6) is -0.0736. The van der Waals surface area contributed by atoms with Crippen molar-refractivity contribution in [2.24, 2.45) is 0 Å². The van der Waals surface area contributed by atoms with E-state index in [0.717, 1.165) is 18.8 Å². The second kappa shape index (κ2) is 4.54. The third kappa shape index (κ3) is 2.26. The van der Waals surface area contributed by atoms with E-state index in [0.29, 0.717) is 31.2 Å². The van der Waals surface area contributed by atoms with Crippen LogP contribution >= 0.6 is 0 Å². The Bertz CT molecular complexity index is 545. The molecule has 2 aromatic rings. The number of nitrogens with one attached hydrogen (secondary N) is 1. The van der Waals surface area contributed by atoms with Gasteiger partial charge in [0.25, 0.3) is 0 Å². The maximum Gasteiger partial charge on any atom is 0.225 e. The van der Waals surface area contributed by atoms with Crippen LogP contribution in [0.1, 0.15) is 18.5 Å². The number of aliphatic hydroxyl groups is 1. The highest BCUT2D eigenvalue weighted by molar-refractivity contribution is 5.32. The van der Waals surface area contributed by atoms with Gasteiger partial charge in [0.15, 0.2) is 5.82 Å². The van der Waals surface area contributed by atoms with Gasteiger partial charge in [-0.05, 0) is 12.8 Å². The minimum atomic E-state index is -1.08. The Morgan fingerprint density at radius 1 is 1.32 bits per heavy atom. The number of aromatic nitrogens is 5. The van der Waals surface area contributed by atoms with Crippen LogP contribution in [0.3, 0.4) is 0 Å². The Balaban J connectivity index is 1.83. The van der Waals surface area contributed by atoms with E-state index in [1.54, 1.807) is 0 Å². The first-order valence-electron chi connectivity index (χ1n) is 5.98. The molecule has 100 valence electrons. The van der Waals surface area contributed by atoms with E-state index < -0.39 is 11.4 Å². The van der Waals surface area contributed by atoms with Gasteiger partial charge in [-0.25, -0.2) is 14.4 Å². The zero-order chi connectivity index (χ0) is 13.3. The fourth-order valence-corrected chi connectivity index (χ4v) is 2.31. The lowest BCUT2D eigenvalue weighted by atomic mass is 9.90. The molecule has 2 aromatic heterocycles. The number of rotatable bonds is 2. The first-order chi connectivity index (χ1) is 9.17. The Morgan fingerprint density at radius 3 is 2.79 bits per heavy atom. The molecule has 1 fully saturated rings. The molecule has 1 unspecified atom stereocenters. The Labute approximate surface area is 108 Å². The number of nitrogens with zero attached hydrogens (tertiary/aromatic N) is 5. The van der Waals surface area contributed by atoms with Crippen molar-refractivity contribution in [3.8, 4) is 0 Å². The molecular weight excluding hydrogens is 251 g/mol. The number of hydrogen-bond donors (Lipinski definition) is 2. The van der Waals surface area contributed by atoms with Crippen LogP contribution < -0.4 is 4.90 Å². The van der Waals surface area contributed by atoms with Crippen molar-refractivity contribution in [1.82, 2.24) is 25.4 Å². The zero-order valence-corrected chi connectivity index (χ0v) is 10.1. The van der Waals surface area contributed by atoms with Gasteiger partial charge in [0.1, 0.15) is 11.3 Å². The molecule has 0 aromatic carbocycles. The van der Waals surface area contributed by atoms with Gasteiger partial charge in [0, 0.05) is 6.54 Å². The molecule has 19 heavy (non-hydrogen) atoms. The highest BCUT2D eigenvalue weighted by atomic mass is 19.1. The van der Waals surface area contributed by atoms with Crippen molar-refractivity contribution >= 4 is 5.95 Å². The molecule has 8 heteroatoms. The molecule has 3 rings (SSSR count). The lowest BCUT2D eigenvalue weighted by molar-refractivity contribution is 0.0172. The molecule has 1 aliphatic rings. The van der Waals surface area contributed by atoms with Crippen LogP contribution in [0.5, 0.6) is 0 Å². The van der Waals surface area contributed by atoms with Crippen molar-refractivity contribution < 1.29 is 9.50 Å². The van der Waals surface area contributed by atoms with E-state index in [1.807, 2.05) is 4.90 Å². The molecule has 2 N–H and O–H groups in total. The van der Waals surface area contributed by atoms with Crippen molar-refractivity contribution in [2.75, 3.05) is 18.0 Å². The topological polar surface area (TPSA) is 90.8 Å². The molecule has 7 nitrogen and oxygen atoms in total. The number of β-amino-alcohol motifs (C(OH)–C–C–N with tert-alkyl or cyclic N) is 1. The Hall–Kier alpha value is -2.09. The van der Waals surface area contributed by atoms with Crippen LogP contribution in [0, 0.1) is 5.82 Å². The summed E-state index contributed by atoms with van der Waals surface area (Å²) in [6.45, 7) is 1.02. The van der Waals surface area contributed by atoms with Crippen LogP contribution in [-0.4, -0.2) is 43.6 Å².